The first kappa shape index (κ1) is 12.0. The van der Waals surface area contributed by atoms with E-state index in [1.165, 1.54) is 25.9 Å². The second-order valence-electron chi connectivity index (χ2n) is 4.15. The lowest BCUT2D eigenvalue weighted by Gasteiger charge is -2.35. The summed E-state index contributed by atoms with van der Waals surface area (Å²) in [6.45, 7) is 6.57. The number of ether oxygens (including phenoxy) is 1. The van der Waals surface area contributed by atoms with Crippen LogP contribution in [-0.4, -0.2) is 44.3 Å². The minimum Gasteiger partial charge on any atom is -0.381 e. The molecule has 2 atom stereocenters. The van der Waals surface area contributed by atoms with E-state index >= 15 is 0 Å². The van der Waals surface area contributed by atoms with Crippen LogP contribution in [0.4, 0.5) is 0 Å². The molecular weight excluding hydrogens is 176 g/mol. The second kappa shape index (κ2) is 6.38. The molecule has 3 heteroatoms. The fourth-order valence-corrected chi connectivity index (χ4v) is 2.39. The Morgan fingerprint density at radius 3 is 2.93 bits per heavy atom. The van der Waals surface area contributed by atoms with Gasteiger partial charge in [0, 0.05) is 13.7 Å². The molecule has 0 spiro atoms. The zero-order valence-corrected chi connectivity index (χ0v) is 9.54. The van der Waals surface area contributed by atoms with Gasteiger partial charge < -0.3 is 15.4 Å². The molecule has 1 aliphatic heterocycles. The molecule has 2 N–H and O–H groups in total. The quantitative estimate of drug-likeness (QED) is 0.722. The minimum atomic E-state index is 0.370. The molecule has 1 saturated heterocycles. The average Bonchev–Trinajstić information content (AvgIpc) is 2.26. The number of piperidine rings is 1. The van der Waals surface area contributed by atoms with E-state index < -0.39 is 0 Å². The molecule has 84 valence electrons. The number of hydrogen-bond donors (Lipinski definition) is 1. The Morgan fingerprint density at radius 2 is 2.36 bits per heavy atom. The van der Waals surface area contributed by atoms with Crippen LogP contribution < -0.4 is 5.73 Å². The van der Waals surface area contributed by atoms with E-state index in [1.807, 2.05) is 7.11 Å². The normalized spacial score (nSPS) is 26.4. The molecule has 1 fully saturated rings. The lowest BCUT2D eigenvalue weighted by molar-refractivity contribution is 0.0132. The number of nitrogens with two attached hydrogens (primary N) is 1. The van der Waals surface area contributed by atoms with E-state index in [2.05, 4.69) is 11.8 Å². The van der Waals surface area contributed by atoms with Gasteiger partial charge in [0.2, 0.25) is 0 Å². The minimum absolute atomic E-state index is 0.370. The summed E-state index contributed by atoms with van der Waals surface area (Å²) >= 11 is 0. The predicted molar refractivity (Wildman–Crippen MR) is 59.3 cm³/mol. The highest BCUT2D eigenvalue weighted by Crippen LogP contribution is 2.22. The Kier molecular flexibility index (Phi) is 5.45. The molecule has 1 rings (SSSR count). The number of nitrogens with zero attached hydrogens (tertiary/aromatic N) is 1. The highest BCUT2D eigenvalue weighted by atomic mass is 16.5. The van der Waals surface area contributed by atoms with Crippen molar-refractivity contribution in [1.82, 2.24) is 4.90 Å². The van der Waals surface area contributed by atoms with Gasteiger partial charge in [-0.05, 0) is 44.8 Å². The monoisotopic (exact) mass is 200 g/mol. The van der Waals surface area contributed by atoms with Crippen molar-refractivity contribution in [3.63, 3.8) is 0 Å². The Hall–Kier alpha value is -0.120. The second-order valence-corrected chi connectivity index (χ2v) is 4.15. The first-order chi connectivity index (χ1) is 6.81. The summed E-state index contributed by atoms with van der Waals surface area (Å²) in [5.41, 5.74) is 5.59. The Morgan fingerprint density at radius 1 is 1.57 bits per heavy atom. The summed E-state index contributed by atoms with van der Waals surface area (Å²) in [5.74, 6) is 0.692. The summed E-state index contributed by atoms with van der Waals surface area (Å²) in [6.07, 6.45) is 3.98. The Balaban J connectivity index is 2.40. The van der Waals surface area contributed by atoms with Gasteiger partial charge in [-0.3, -0.25) is 0 Å². The molecule has 0 aliphatic carbocycles. The van der Waals surface area contributed by atoms with Crippen molar-refractivity contribution < 1.29 is 4.74 Å². The lowest BCUT2D eigenvalue weighted by atomic mass is 9.90. The molecular formula is C11H24N2O. The van der Waals surface area contributed by atoms with Crippen molar-refractivity contribution in [3.8, 4) is 0 Å². The number of likely N-dealkylation sites (tertiary alicyclic amines) is 1. The number of rotatable bonds is 5. The van der Waals surface area contributed by atoms with E-state index in [1.54, 1.807) is 0 Å². The van der Waals surface area contributed by atoms with E-state index in [9.17, 15) is 0 Å². The van der Waals surface area contributed by atoms with Crippen LogP contribution in [0.2, 0.25) is 0 Å². The predicted octanol–water partition coefficient (Wildman–Crippen LogP) is 1.08. The van der Waals surface area contributed by atoms with Gasteiger partial charge in [0.1, 0.15) is 0 Å². The number of hydrogen-bond acceptors (Lipinski definition) is 3. The maximum atomic E-state index is 5.59. The first-order valence-electron chi connectivity index (χ1n) is 5.77. The highest BCUT2D eigenvalue weighted by Gasteiger charge is 2.25. The van der Waals surface area contributed by atoms with E-state index in [-0.39, 0.29) is 0 Å². The van der Waals surface area contributed by atoms with Crippen LogP contribution in [0.15, 0.2) is 0 Å². The maximum Gasteiger partial charge on any atom is 0.0623 e. The van der Waals surface area contributed by atoms with E-state index in [4.69, 9.17) is 10.5 Å². The summed E-state index contributed by atoms with van der Waals surface area (Å²) in [7, 11) is 1.81. The van der Waals surface area contributed by atoms with Crippen LogP contribution in [0.25, 0.3) is 0 Å². The molecule has 0 radical (unpaired) electrons. The maximum absolute atomic E-state index is 5.59. The van der Waals surface area contributed by atoms with Crippen LogP contribution in [0.1, 0.15) is 26.2 Å². The molecule has 0 amide bonds. The summed E-state index contributed by atoms with van der Waals surface area (Å²) in [4.78, 5) is 2.51. The smallest absolute Gasteiger partial charge is 0.0623 e. The number of methoxy groups -OCH3 is 1. The van der Waals surface area contributed by atoms with Crippen LogP contribution in [0.3, 0.4) is 0 Å². The molecule has 3 nitrogen and oxygen atoms in total. The molecule has 0 aromatic carbocycles. The van der Waals surface area contributed by atoms with Gasteiger partial charge in [-0.25, -0.2) is 0 Å². The van der Waals surface area contributed by atoms with E-state index in [0.29, 0.717) is 12.0 Å². The van der Waals surface area contributed by atoms with Crippen molar-refractivity contribution in [1.29, 1.82) is 0 Å². The van der Waals surface area contributed by atoms with Gasteiger partial charge in [-0.1, -0.05) is 6.92 Å². The third-order valence-electron chi connectivity index (χ3n) is 3.27. The fraction of sp³-hybridized carbons (Fsp3) is 1.00. The highest BCUT2D eigenvalue weighted by molar-refractivity contribution is 4.78. The van der Waals surface area contributed by atoms with Gasteiger partial charge >= 0.3 is 0 Å². The van der Waals surface area contributed by atoms with Crippen molar-refractivity contribution in [2.24, 2.45) is 11.7 Å². The first-order valence-corrected chi connectivity index (χ1v) is 5.77. The topological polar surface area (TPSA) is 38.5 Å². The van der Waals surface area contributed by atoms with Crippen LogP contribution in [0.5, 0.6) is 0 Å². The summed E-state index contributed by atoms with van der Waals surface area (Å²) in [5, 5.41) is 0. The molecule has 0 bridgehead atoms. The van der Waals surface area contributed by atoms with Gasteiger partial charge in [-0.15, -0.1) is 0 Å². The fourth-order valence-electron chi connectivity index (χ4n) is 2.39. The largest absolute Gasteiger partial charge is 0.381 e. The molecule has 1 heterocycles. The van der Waals surface area contributed by atoms with Gasteiger partial charge in [0.15, 0.2) is 0 Å². The third kappa shape index (κ3) is 3.23. The van der Waals surface area contributed by atoms with Gasteiger partial charge in [0.25, 0.3) is 0 Å². The SMILES string of the molecule is CCN1CCCC(C(CCN)OC)C1. The van der Waals surface area contributed by atoms with Crippen LogP contribution >= 0.6 is 0 Å². The van der Waals surface area contributed by atoms with Crippen molar-refractivity contribution >= 4 is 0 Å². The van der Waals surface area contributed by atoms with Crippen molar-refractivity contribution in [3.05, 3.63) is 0 Å². The Bertz CT molecular complexity index is 152. The zero-order chi connectivity index (χ0) is 10.4. The molecule has 0 aromatic rings. The molecule has 14 heavy (non-hydrogen) atoms. The average molecular weight is 200 g/mol. The molecule has 0 aromatic heterocycles. The lowest BCUT2D eigenvalue weighted by Crippen LogP contribution is -2.41. The van der Waals surface area contributed by atoms with Crippen molar-refractivity contribution in [2.45, 2.75) is 32.3 Å². The Labute approximate surface area is 87.6 Å². The molecule has 0 saturated carbocycles. The van der Waals surface area contributed by atoms with Gasteiger partial charge in [-0.2, -0.15) is 0 Å². The van der Waals surface area contributed by atoms with Crippen LogP contribution in [-0.2, 0) is 4.74 Å². The molecule has 2 unspecified atom stereocenters. The van der Waals surface area contributed by atoms with Gasteiger partial charge in [0.05, 0.1) is 6.10 Å². The summed E-state index contributed by atoms with van der Waals surface area (Å²) in [6, 6.07) is 0. The third-order valence-corrected chi connectivity index (χ3v) is 3.27. The standard InChI is InChI=1S/C11H24N2O/c1-3-13-8-4-5-10(9-13)11(14-2)6-7-12/h10-11H,3-9,12H2,1-2H3. The zero-order valence-electron chi connectivity index (χ0n) is 9.54. The van der Waals surface area contributed by atoms with E-state index in [0.717, 1.165) is 19.5 Å². The molecule has 1 aliphatic rings. The van der Waals surface area contributed by atoms with Crippen LogP contribution in [0, 0.1) is 5.92 Å². The summed E-state index contributed by atoms with van der Waals surface area (Å²) < 4.78 is 5.52. The van der Waals surface area contributed by atoms with Crippen molar-refractivity contribution in [2.75, 3.05) is 33.3 Å².